The first-order chi connectivity index (χ1) is 9.01. The number of benzene rings is 1. The van der Waals surface area contributed by atoms with E-state index in [-0.39, 0.29) is 0 Å². The highest BCUT2D eigenvalue weighted by atomic mass is 16.5. The van der Waals surface area contributed by atoms with Gasteiger partial charge in [0.05, 0.1) is 6.61 Å². The van der Waals surface area contributed by atoms with Crippen LogP contribution < -0.4 is 15.0 Å². The molecule has 0 radical (unpaired) electrons. The molecule has 19 heavy (non-hydrogen) atoms. The fourth-order valence-corrected chi connectivity index (χ4v) is 1.61. The van der Waals surface area contributed by atoms with E-state index in [2.05, 4.69) is 5.32 Å². The number of nitrogens with one attached hydrogen (secondary N) is 1. The minimum absolute atomic E-state index is 0.529. The van der Waals surface area contributed by atoms with Gasteiger partial charge >= 0.3 is 5.97 Å². The Morgan fingerprint density at radius 1 is 1.37 bits per heavy atom. The zero-order valence-electron chi connectivity index (χ0n) is 11.2. The van der Waals surface area contributed by atoms with Crippen molar-refractivity contribution in [3.05, 3.63) is 24.3 Å². The highest BCUT2D eigenvalue weighted by Crippen LogP contribution is 2.19. The Bertz CT molecular complexity index is 444. The average Bonchev–Trinajstić information content (AvgIpc) is 2.39. The molecule has 1 aromatic carbocycles. The molecule has 0 aliphatic rings. The van der Waals surface area contributed by atoms with Crippen LogP contribution in [-0.4, -0.2) is 43.7 Å². The van der Waals surface area contributed by atoms with Gasteiger partial charge in [-0.15, -0.1) is 0 Å². The van der Waals surface area contributed by atoms with Gasteiger partial charge in [0.15, 0.2) is 6.04 Å². The van der Waals surface area contributed by atoms with E-state index in [0.717, 1.165) is 0 Å². The molecular weight excluding hydrogens is 248 g/mol. The molecule has 0 fully saturated rings. The van der Waals surface area contributed by atoms with Crippen molar-refractivity contribution in [2.24, 2.45) is 0 Å². The van der Waals surface area contributed by atoms with E-state index < -0.39 is 17.9 Å². The lowest BCUT2D eigenvalue weighted by Crippen LogP contribution is -2.48. The third kappa shape index (κ3) is 3.69. The number of aliphatic carboxylic acids is 1. The third-order valence-corrected chi connectivity index (χ3v) is 2.65. The molecule has 0 aromatic heterocycles. The molecule has 6 nitrogen and oxygen atoms in total. The van der Waals surface area contributed by atoms with Gasteiger partial charge in [-0.2, -0.15) is 0 Å². The van der Waals surface area contributed by atoms with Gasteiger partial charge in [0, 0.05) is 12.7 Å². The molecule has 1 unspecified atom stereocenters. The van der Waals surface area contributed by atoms with Gasteiger partial charge < -0.3 is 14.7 Å². The summed E-state index contributed by atoms with van der Waals surface area (Å²) in [5, 5.41) is 11.4. The van der Waals surface area contributed by atoms with Crippen molar-refractivity contribution in [3.8, 4) is 5.75 Å². The van der Waals surface area contributed by atoms with Gasteiger partial charge in [-0.1, -0.05) is 0 Å². The number of carbonyl (C=O) groups is 2. The van der Waals surface area contributed by atoms with Crippen LogP contribution >= 0.6 is 0 Å². The van der Waals surface area contributed by atoms with Crippen LogP contribution in [0, 0.1) is 0 Å². The second-order valence-corrected chi connectivity index (χ2v) is 3.88. The number of nitrogens with zero attached hydrogens (tertiary/aromatic N) is 1. The lowest BCUT2D eigenvalue weighted by molar-refractivity contribution is -0.143. The van der Waals surface area contributed by atoms with Crippen LogP contribution in [0.15, 0.2) is 24.3 Å². The Labute approximate surface area is 112 Å². The zero-order valence-corrected chi connectivity index (χ0v) is 11.2. The molecule has 0 spiro atoms. The van der Waals surface area contributed by atoms with E-state index in [9.17, 15) is 9.59 Å². The maximum atomic E-state index is 12.0. The van der Waals surface area contributed by atoms with E-state index >= 15 is 0 Å². The Morgan fingerprint density at radius 3 is 2.37 bits per heavy atom. The number of hydrogen-bond donors (Lipinski definition) is 2. The molecule has 0 aliphatic heterocycles. The SMILES string of the molecule is CCOc1ccc(N(C)C(=O)C(NC)C(=O)O)cc1. The van der Waals surface area contributed by atoms with Crippen LogP contribution in [-0.2, 0) is 9.59 Å². The van der Waals surface area contributed by atoms with Crippen molar-refractivity contribution in [1.29, 1.82) is 0 Å². The maximum absolute atomic E-state index is 12.0. The Morgan fingerprint density at radius 2 is 1.95 bits per heavy atom. The second-order valence-electron chi connectivity index (χ2n) is 3.88. The molecule has 1 amide bonds. The topological polar surface area (TPSA) is 78.9 Å². The fourth-order valence-electron chi connectivity index (χ4n) is 1.61. The number of carboxylic acids is 1. The van der Waals surface area contributed by atoms with E-state index in [1.807, 2.05) is 6.92 Å². The van der Waals surface area contributed by atoms with Crippen molar-refractivity contribution in [1.82, 2.24) is 5.32 Å². The van der Waals surface area contributed by atoms with Crippen LogP contribution in [0.1, 0.15) is 6.92 Å². The van der Waals surface area contributed by atoms with Gasteiger partial charge in [0.2, 0.25) is 0 Å². The first-order valence-corrected chi connectivity index (χ1v) is 5.91. The summed E-state index contributed by atoms with van der Waals surface area (Å²) in [5.41, 5.74) is 0.606. The molecule has 6 heteroatoms. The summed E-state index contributed by atoms with van der Waals surface area (Å²) in [7, 11) is 2.97. The average molecular weight is 266 g/mol. The molecule has 2 N–H and O–H groups in total. The summed E-state index contributed by atoms with van der Waals surface area (Å²) in [6.07, 6.45) is 0. The second kappa shape index (κ2) is 6.75. The molecule has 0 bridgehead atoms. The molecule has 0 saturated carbocycles. The molecule has 1 aromatic rings. The minimum atomic E-state index is -1.25. The Kier molecular flexibility index (Phi) is 5.32. The third-order valence-electron chi connectivity index (χ3n) is 2.65. The first kappa shape index (κ1) is 15.0. The van der Waals surface area contributed by atoms with Gasteiger partial charge in [-0.05, 0) is 38.2 Å². The van der Waals surface area contributed by atoms with Crippen LogP contribution in [0.2, 0.25) is 0 Å². The van der Waals surface area contributed by atoms with Crippen molar-refractivity contribution in [2.75, 3.05) is 25.6 Å². The molecule has 104 valence electrons. The number of carboxylic acid groups (broad SMARTS) is 1. The highest BCUT2D eigenvalue weighted by Gasteiger charge is 2.27. The fraction of sp³-hybridized carbons (Fsp3) is 0.385. The van der Waals surface area contributed by atoms with Crippen LogP contribution in [0.4, 0.5) is 5.69 Å². The van der Waals surface area contributed by atoms with Crippen LogP contribution in [0.25, 0.3) is 0 Å². The van der Waals surface area contributed by atoms with Gasteiger partial charge in [-0.3, -0.25) is 10.1 Å². The predicted molar refractivity (Wildman–Crippen MR) is 71.5 cm³/mol. The molecule has 1 rings (SSSR count). The summed E-state index contributed by atoms with van der Waals surface area (Å²) in [5.74, 6) is -1.03. The monoisotopic (exact) mass is 266 g/mol. The van der Waals surface area contributed by atoms with Gasteiger partial charge in [0.1, 0.15) is 5.75 Å². The van der Waals surface area contributed by atoms with E-state index in [0.29, 0.717) is 18.0 Å². The number of likely N-dealkylation sites (N-methyl/N-ethyl adjacent to an activating group) is 2. The standard InChI is InChI=1S/C13H18N2O4/c1-4-19-10-7-5-9(6-8-10)15(3)12(16)11(14-2)13(17)18/h5-8,11,14H,4H2,1-3H3,(H,17,18). The van der Waals surface area contributed by atoms with Crippen molar-refractivity contribution >= 4 is 17.6 Å². The number of amides is 1. The van der Waals surface area contributed by atoms with E-state index in [1.165, 1.54) is 19.0 Å². The predicted octanol–water partition coefficient (Wildman–Crippen LogP) is 0.721. The Hall–Kier alpha value is -2.08. The number of carbonyl (C=O) groups excluding carboxylic acids is 1. The normalized spacial score (nSPS) is 11.7. The van der Waals surface area contributed by atoms with Crippen molar-refractivity contribution in [3.63, 3.8) is 0 Å². The largest absolute Gasteiger partial charge is 0.494 e. The van der Waals surface area contributed by atoms with Crippen molar-refractivity contribution < 1.29 is 19.4 Å². The molecular formula is C13H18N2O4. The molecule has 0 heterocycles. The summed E-state index contributed by atoms with van der Waals surface area (Å²) in [6.45, 7) is 2.45. The first-order valence-electron chi connectivity index (χ1n) is 5.91. The number of rotatable bonds is 6. The molecule has 1 atom stereocenters. The van der Waals surface area contributed by atoms with Crippen LogP contribution in [0.5, 0.6) is 5.75 Å². The highest BCUT2D eigenvalue weighted by molar-refractivity contribution is 6.08. The summed E-state index contributed by atoms with van der Waals surface area (Å²) >= 11 is 0. The van der Waals surface area contributed by atoms with Crippen LogP contribution in [0.3, 0.4) is 0 Å². The molecule has 0 aliphatic carbocycles. The van der Waals surface area contributed by atoms with E-state index in [4.69, 9.17) is 9.84 Å². The number of anilines is 1. The Balaban J connectivity index is 2.84. The quantitative estimate of drug-likeness (QED) is 0.742. The maximum Gasteiger partial charge on any atom is 0.330 e. The lowest BCUT2D eigenvalue weighted by atomic mass is 10.2. The van der Waals surface area contributed by atoms with E-state index in [1.54, 1.807) is 24.3 Å². The summed E-state index contributed by atoms with van der Waals surface area (Å²) in [6, 6.07) is 5.63. The summed E-state index contributed by atoms with van der Waals surface area (Å²) in [4.78, 5) is 24.2. The van der Waals surface area contributed by atoms with Gasteiger partial charge in [0.25, 0.3) is 5.91 Å². The number of hydrogen-bond acceptors (Lipinski definition) is 4. The molecule has 0 saturated heterocycles. The minimum Gasteiger partial charge on any atom is -0.494 e. The zero-order chi connectivity index (χ0) is 14.4. The smallest absolute Gasteiger partial charge is 0.330 e. The summed E-state index contributed by atoms with van der Waals surface area (Å²) < 4.78 is 5.30. The van der Waals surface area contributed by atoms with Gasteiger partial charge in [-0.25, -0.2) is 4.79 Å². The van der Waals surface area contributed by atoms with Crippen molar-refractivity contribution in [2.45, 2.75) is 13.0 Å². The number of ether oxygens (including phenoxy) is 1. The lowest BCUT2D eigenvalue weighted by Gasteiger charge is -2.21.